The zero-order chi connectivity index (χ0) is 14.8. The van der Waals surface area contributed by atoms with Gasteiger partial charge in [0, 0.05) is 10.0 Å². The number of nitrogens with one attached hydrogen (secondary N) is 1. The molecule has 5 heteroatoms. The number of nitrogens with zero attached hydrogens (tertiary/aromatic N) is 1. The molecule has 0 bridgehead atoms. The highest BCUT2D eigenvalue weighted by atomic mass is 79.9. The number of carbonyl (C=O) groups is 1. The van der Waals surface area contributed by atoms with Gasteiger partial charge in [-0.15, -0.1) is 0 Å². The lowest BCUT2D eigenvalue weighted by Crippen LogP contribution is -2.67. The molecular weight excluding hydrogens is 318 g/mol. The van der Waals surface area contributed by atoms with Crippen molar-refractivity contribution in [3.05, 3.63) is 34.3 Å². The minimum Gasteiger partial charge on any atom is -0.303 e. The Morgan fingerprint density at radius 2 is 2.35 bits per heavy atom. The molecule has 0 spiro atoms. The third-order valence-corrected chi connectivity index (χ3v) is 4.62. The first-order valence-electron chi connectivity index (χ1n) is 6.88. The number of rotatable bonds is 4. The van der Waals surface area contributed by atoms with Crippen LogP contribution in [0.15, 0.2) is 28.7 Å². The average Bonchev–Trinajstić information content (AvgIpc) is 2.41. The SMILES string of the molecule is CN1C(C=O)CC(C)(CCc2cccc(Br)c2)NC1N. The van der Waals surface area contributed by atoms with Gasteiger partial charge >= 0.3 is 0 Å². The number of hydrogen-bond donors (Lipinski definition) is 2. The third kappa shape index (κ3) is 3.67. The maximum absolute atomic E-state index is 11.2. The number of nitrogens with two attached hydrogens (primary N) is 1. The van der Waals surface area contributed by atoms with Crippen LogP contribution in [0.5, 0.6) is 0 Å². The minimum absolute atomic E-state index is 0.111. The van der Waals surface area contributed by atoms with Crippen LogP contribution in [0.4, 0.5) is 0 Å². The zero-order valence-corrected chi connectivity index (χ0v) is 13.6. The molecule has 0 aliphatic carbocycles. The molecule has 0 radical (unpaired) electrons. The average molecular weight is 340 g/mol. The smallest absolute Gasteiger partial charge is 0.137 e. The van der Waals surface area contributed by atoms with Gasteiger partial charge in [-0.3, -0.25) is 10.2 Å². The second-order valence-electron chi connectivity index (χ2n) is 5.85. The number of likely N-dealkylation sites (N-methyl/N-ethyl adjacent to an activating group) is 1. The predicted molar refractivity (Wildman–Crippen MR) is 84.2 cm³/mol. The Bertz CT molecular complexity index is 482. The molecule has 1 aliphatic rings. The molecule has 3 atom stereocenters. The van der Waals surface area contributed by atoms with Crippen LogP contribution in [0.1, 0.15) is 25.3 Å². The summed E-state index contributed by atoms with van der Waals surface area (Å²) in [6.45, 7) is 2.15. The molecular formula is C15H22BrN3O. The van der Waals surface area contributed by atoms with Gasteiger partial charge in [0.15, 0.2) is 0 Å². The summed E-state index contributed by atoms with van der Waals surface area (Å²) in [4.78, 5) is 13.1. The lowest BCUT2D eigenvalue weighted by molar-refractivity contribution is -0.116. The molecule has 0 amide bonds. The summed E-state index contributed by atoms with van der Waals surface area (Å²) in [7, 11) is 1.88. The van der Waals surface area contributed by atoms with Gasteiger partial charge in [0.1, 0.15) is 12.6 Å². The van der Waals surface area contributed by atoms with Crippen LogP contribution in [0.2, 0.25) is 0 Å². The fourth-order valence-corrected chi connectivity index (χ4v) is 3.21. The van der Waals surface area contributed by atoms with Crippen molar-refractivity contribution in [2.75, 3.05) is 7.05 Å². The first-order valence-corrected chi connectivity index (χ1v) is 7.68. The Labute approximate surface area is 128 Å². The van der Waals surface area contributed by atoms with Crippen LogP contribution in [0, 0.1) is 0 Å². The molecule has 0 aromatic heterocycles. The fourth-order valence-electron chi connectivity index (χ4n) is 2.76. The Morgan fingerprint density at radius 3 is 3.00 bits per heavy atom. The summed E-state index contributed by atoms with van der Waals surface area (Å²) >= 11 is 3.49. The van der Waals surface area contributed by atoms with Crippen LogP contribution in [-0.4, -0.2) is 36.1 Å². The molecule has 3 N–H and O–H groups in total. The number of aryl methyl sites for hydroxylation is 1. The summed E-state index contributed by atoms with van der Waals surface area (Å²) in [5.74, 6) is 0. The van der Waals surface area contributed by atoms with E-state index in [-0.39, 0.29) is 17.9 Å². The molecule has 2 rings (SSSR count). The van der Waals surface area contributed by atoms with Gasteiger partial charge in [-0.25, -0.2) is 0 Å². The number of aldehydes is 1. The van der Waals surface area contributed by atoms with Crippen LogP contribution in [-0.2, 0) is 11.2 Å². The molecule has 1 fully saturated rings. The number of carbonyl (C=O) groups excluding carboxylic acids is 1. The highest BCUT2D eigenvalue weighted by Crippen LogP contribution is 2.26. The molecule has 1 aliphatic heterocycles. The molecule has 1 saturated heterocycles. The molecule has 1 heterocycles. The number of halogens is 1. The van der Waals surface area contributed by atoms with Gasteiger partial charge in [0.2, 0.25) is 0 Å². The van der Waals surface area contributed by atoms with Gasteiger partial charge in [0.05, 0.1) is 6.04 Å². The first-order chi connectivity index (χ1) is 9.43. The first kappa shape index (κ1) is 15.6. The lowest BCUT2D eigenvalue weighted by Gasteiger charge is -2.46. The van der Waals surface area contributed by atoms with Crippen molar-refractivity contribution in [1.82, 2.24) is 10.2 Å². The van der Waals surface area contributed by atoms with Gasteiger partial charge in [0.25, 0.3) is 0 Å². The van der Waals surface area contributed by atoms with E-state index in [1.54, 1.807) is 0 Å². The van der Waals surface area contributed by atoms with E-state index in [2.05, 4.69) is 40.3 Å². The Hall–Kier alpha value is -0.750. The van der Waals surface area contributed by atoms with Crippen molar-refractivity contribution in [2.45, 2.75) is 44.1 Å². The Morgan fingerprint density at radius 1 is 1.60 bits per heavy atom. The van der Waals surface area contributed by atoms with Crippen molar-refractivity contribution in [3.63, 3.8) is 0 Å². The summed E-state index contributed by atoms with van der Waals surface area (Å²) < 4.78 is 1.10. The van der Waals surface area contributed by atoms with Crippen molar-refractivity contribution in [3.8, 4) is 0 Å². The van der Waals surface area contributed by atoms with Crippen molar-refractivity contribution >= 4 is 22.2 Å². The molecule has 110 valence electrons. The minimum atomic E-state index is -0.272. The van der Waals surface area contributed by atoms with Crippen LogP contribution < -0.4 is 11.1 Å². The fraction of sp³-hybridized carbons (Fsp3) is 0.533. The van der Waals surface area contributed by atoms with E-state index >= 15 is 0 Å². The second-order valence-corrected chi connectivity index (χ2v) is 6.77. The zero-order valence-electron chi connectivity index (χ0n) is 12.0. The van der Waals surface area contributed by atoms with E-state index < -0.39 is 0 Å². The maximum Gasteiger partial charge on any atom is 0.137 e. The Kier molecular flexibility index (Phi) is 4.96. The second kappa shape index (κ2) is 6.35. The van der Waals surface area contributed by atoms with Crippen molar-refractivity contribution < 1.29 is 4.79 Å². The largest absolute Gasteiger partial charge is 0.303 e. The van der Waals surface area contributed by atoms with E-state index in [1.165, 1.54) is 5.56 Å². The molecule has 4 nitrogen and oxygen atoms in total. The van der Waals surface area contributed by atoms with E-state index in [4.69, 9.17) is 5.73 Å². The van der Waals surface area contributed by atoms with Crippen LogP contribution >= 0.6 is 15.9 Å². The molecule has 3 unspecified atom stereocenters. The summed E-state index contributed by atoms with van der Waals surface area (Å²) in [5, 5.41) is 3.42. The standard InChI is InChI=1S/C15H22BrN3O/c1-15(7-6-11-4-3-5-12(16)8-11)9-13(10-20)19(2)14(17)18-15/h3-5,8,10,13-14,18H,6-7,9,17H2,1-2H3. The van der Waals surface area contributed by atoms with E-state index in [1.807, 2.05) is 24.1 Å². The maximum atomic E-state index is 11.2. The third-order valence-electron chi connectivity index (χ3n) is 4.13. The summed E-state index contributed by atoms with van der Waals surface area (Å²) in [6, 6.07) is 8.22. The summed E-state index contributed by atoms with van der Waals surface area (Å²) in [6.07, 6.45) is 3.43. The predicted octanol–water partition coefficient (Wildman–Crippen LogP) is 1.88. The Balaban J connectivity index is 2.02. The normalized spacial score (nSPS) is 31.2. The topological polar surface area (TPSA) is 58.4 Å². The molecule has 1 aromatic rings. The molecule has 1 aromatic carbocycles. The van der Waals surface area contributed by atoms with E-state index in [0.29, 0.717) is 0 Å². The highest BCUT2D eigenvalue weighted by molar-refractivity contribution is 9.10. The van der Waals surface area contributed by atoms with Crippen molar-refractivity contribution in [1.29, 1.82) is 0 Å². The van der Waals surface area contributed by atoms with Gasteiger partial charge < -0.3 is 10.5 Å². The van der Waals surface area contributed by atoms with Gasteiger partial charge in [-0.1, -0.05) is 28.1 Å². The monoisotopic (exact) mass is 339 g/mol. The highest BCUT2D eigenvalue weighted by Gasteiger charge is 2.38. The van der Waals surface area contributed by atoms with Crippen LogP contribution in [0.25, 0.3) is 0 Å². The van der Waals surface area contributed by atoms with Crippen LogP contribution in [0.3, 0.4) is 0 Å². The quantitative estimate of drug-likeness (QED) is 0.822. The van der Waals surface area contributed by atoms with E-state index in [0.717, 1.165) is 30.0 Å². The van der Waals surface area contributed by atoms with E-state index in [9.17, 15) is 4.79 Å². The van der Waals surface area contributed by atoms with Gasteiger partial charge in [-0.2, -0.15) is 0 Å². The van der Waals surface area contributed by atoms with Crippen molar-refractivity contribution in [2.24, 2.45) is 5.73 Å². The molecule has 20 heavy (non-hydrogen) atoms. The lowest BCUT2D eigenvalue weighted by atomic mass is 9.85. The number of benzene rings is 1. The van der Waals surface area contributed by atoms with Gasteiger partial charge in [-0.05, 0) is 50.9 Å². The summed E-state index contributed by atoms with van der Waals surface area (Å²) in [5.41, 5.74) is 7.24. The number of hydrogen-bond acceptors (Lipinski definition) is 4. The molecule has 0 saturated carbocycles.